The molecule has 0 saturated heterocycles. The highest BCUT2D eigenvalue weighted by Crippen LogP contribution is 2.17. The van der Waals surface area contributed by atoms with Gasteiger partial charge in [-0.25, -0.2) is 0 Å². The highest BCUT2D eigenvalue weighted by molar-refractivity contribution is 5.27. The summed E-state index contributed by atoms with van der Waals surface area (Å²) < 4.78 is 5.14. The molecule has 1 N–H and O–H groups in total. The standard InChI is InChI=1S/C17H18N2O/c1-20-16-9-7-14(8-10-16)13-19-17(11-12-18)15-5-3-2-4-6-15/h2-10,17,19H,11,13H2,1H3. The number of nitriles is 1. The van der Waals surface area contributed by atoms with Crippen LogP contribution >= 0.6 is 0 Å². The molecule has 0 aromatic heterocycles. The van der Waals surface area contributed by atoms with Crippen LogP contribution in [0.5, 0.6) is 5.75 Å². The summed E-state index contributed by atoms with van der Waals surface area (Å²) >= 11 is 0. The molecule has 0 bridgehead atoms. The molecule has 0 radical (unpaired) electrons. The molecule has 0 heterocycles. The van der Waals surface area contributed by atoms with Crippen LogP contribution in [0.3, 0.4) is 0 Å². The second kappa shape index (κ2) is 7.32. The van der Waals surface area contributed by atoms with Gasteiger partial charge in [0, 0.05) is 12.6 Å². The molecule has 0 aliphatic rings. The lowest BCUT2D eigenvalue weighted by molar-refractivity contribution is 0.414. The quantitative estimate of drug-likeness (QED) is 0.871. The van der Waals surface area contributed by atoms with E-state index in [2.05, 4.69) is 11.4 Å². The van der Waals surface area contributed by atoms with Gasteiger partial charge in [-0.2, -0.15) is 5.26 Å². The first-order valence-electron chi connectivity index (χ1n) is 6.61. The Morgan fingerprint density at radius 3 is 2.40 bits per heavy atom. The zero-order chi connectivity index (χ0) is 14.2. The number of hydrogen-bond donors (Lipinski definition) is 1. The number of hydrogen-bond acceptors (Lipinski definition) is 3. The maximum atomic E-state index is 8.96. The molecule has 3 nitrogen and oxygen atoms in total. The Bertz CT molecular complexity index is 558. The van der Waals surface area contributed by atoms with Crippen LogP contribution in [0.4, 0.5) is 0 Å². The van der Waals surface area contributed by atoms with Crippen LogP contribution in [-0.2, 0) is 6.54 Å². The first kappa shape index (κ1) is 14.1. The Morgan fingerprint density at radius 2 is 1.80 bits per heavy atom. The summed E-state index contributed by atoms with van der Waals surface area (Å²) in [7, 11) is 1.66. The number of nitrogens with zero attached hydrogens (tertiary/aromatic N) is 1. The highest BCUT2D eigenvalue weighted by Gasteiger charge is 2.09. The summed E-state index contributed by atoms with van der Waals surface area (Å²) in [6.45, 7) is 0.727. The third-order valence-corrected chi connectivity index (χ3v) is 3.21. The van der Waals surface area contributed by atoms with Gasteiger partial charge >= 0.3 is 0 Å². The Hall–Kier alpha value is -2.31. The minimum absolute atomic E-state index is 0.0586. The Balaban J connectivity index is 2.00. The number of methoxy groups -OCH3 is 1. The van der Waals surface area contributed by atoms with E-state index in [0.717, 1.165) is 17.9 Å². The maximum Gasteiger partial charge on any atom is 0.118 e. The normalized spacial score (nSPS) is 11.6. The monoisotopic (exact) mass is 266 g/mol. The molecule has 2 aromatic rings. The second-order valence-corrected chi connectivity index (χ2v) is 4.55. The van der Waals surface area contributed by atoms with Crippen LogP contribution in [0.15, 0.2) is 54.6 Å². The van der Waals surface area contributed by atoms with Crippen molar-refractivity contribution in [3.63, 3.8) is 0 Å². The van der Waals surface area contributed by atoms with Crippen molar-refractivity contribution in [1.82, 2.24) is 5.32 Å². The molecule has 1 atom stereocenters. The molecule has 0 spiro atoms. The summed E-state index contributed by atoms with van der Waals surface area (Å²) in [5.74, 6) is 0.852. The smallest absolute Gasteiger partial charge is 0.118 e. The van der Waals surface area contributed by atoms with Gasteiger partial charge in [0.1, 0.15) is 5.75 Å². The molecule has 20 heavy (non-hydrogen) atoms. The third kappa shape index (κ3) is 3.84. The lowest BCUT2D eigenvalue weighted by Crippen LogP contribution is -2.20. The fourth-order valence-electron chi connectivity index (χ4n) is 2.07. The van der Waals surface area contributed by atoms with Crippen molar-refractivity contribution in [3.05, 3.63) is 65.7 Å². The van der Waals surface area contributed by atoms with Crippen LogP contribution in [0, 0.1) is 11.3 Å². The molecular formula is C17H18N2O. The molecule has 2 aromatic carbocycles. The van der Waals surface area contributed by atoms with Crippen LogP contribution in [0.1, 0.15) is 23.6 Å². The molecule has 102 valence electrons. The van der Waals surface area contributed by atoms with E-state index in [1.165, 1.54) is 5.56 Å². The molecule has 0 saturated carbocycles. The maximum absolute atomic E-state index is 8.96. The fourth-order valence-corrected chi connectivity index (χ4v) is 2.07. The summed E-state index contributed by atoms with van der Waals surface area (Å²) in [5.41, 5.74) is 2.31. The van der Waals surface area contributed by atoms with E-state index in [-0.39, 0.29) is 6.04 Å². The first-order chi connectivity index (χ1) is 9.83. The zero-order valence-corrected chi connectivity index (χ0v) is 11.5. The first-order valence-corrected chi connectivity index (χ1v) is 6.61. The number of benzene rings is 2. The predicted molar refractivity (Wildman–Crippen MR) is 79.2 cm³/mol. The van der Waals surface area contributed by atoms with Crippen LogP contribution in [-0.4, -0.2) is 7.11 Å². The summed E-state index contributed by atoms with van der Waals surface area (Å²) in [6, 6.07) is 20.3. The largest absolute Gasteiger partial charge is 0.497 e. The SMILES string of the molecule is COc1ccc(CNC(CC#N)c2ccccc2)cc1. The fraction of sp³-hybridized carbons (Fsp3) is 0.235. The van der Waals surface area contributed by atoms with Crippen LogP contribution in [0.25, 0.3) is 0 Å². The van der Waals surface area contributed by atoms with Crippen molar-refractivity contribution >= 4 is 0 Å². The van der Waals surface area contributed by atoms with E-state index in [9.17, 15) is 0 Å². The average Bonchev–Trinajstić information content (AvgIpc) is 2.53. The van der Waals surface area contributed by atoms with Gasteiger partial charge in [0.05, 0.1) is 19.6 Å². The Labute approximate surface area is 119 Å². The Kier molecular flexibility index (Phi) is 5.16. The molecule has 2 rings (SSSR count). The van der Waals surface area contributed by atoms with Crippen LogP contribution < -0.4 is 10.1 Å². The van der Waals surface area contributed by atoms with Gasteiger partial charge in [0.15, 0.2) is 0 Å². The average molecular weight is 266 g/mol. The van der Waals surface area contributed by atoms with Gasteiger partial charge in [-0.1, -0.05) is 42.5 Å². The van der Waals surface area contributed by atoms with Crippen LogP contribution in [0.2, 0.25) is 0 Å². The predicted octanol–water partition coefficient (Wildman–Crippen LogP) is 3.44. The highest BCUT2D eigenvalue weighted by atomic mass is 16.5. The van der Waals surface area contributed by atoms with Gasteiger partial charge in [0.2, 0.25) is 0 Å². The molecule has 3 heteroatoms. The molecule has 0 aliphatic carbocycles. The van der Waals surface area contributed by atoms with Gasteiger partial charge in [-0.15, -0.1) is 0 Å². The van der Waals surface area contributed by atoms with Gasteiger partial charge in [-0.05, 0) is 23.3 Å². The van der Waals surface area contributed by atoms with Crippen molar-refractivity contribution in [2.45, 2.75) is 19.0 Å². The summed E-state index contributed by atoms with van der Waals surface area (Å²) in [6.07, 6.45) is 0.459. The molecule has 0 aliphatic heterocycles. The van der Waals surface area contributed by atoms with E-state index in [4.69, 9.17) is 10.00 Å². The molecular weight excluding hydrogens is 248 g/mol. The summed E-state index contributed by atoms with van der Waals surface area (Å²) in [5, 5.41) is 12.4. The lowest BCUT2D eigenvalue weighted by Gasteiger charge is -2.16. The summed E-state index contributed by atoms with van der Waals surface area (Å²) in [4.78, 5) is 0. The zero-order valence-electron chi connectivity index (χ0n) is 11.5. The van der Waals surface area contributed by atoms with E-state index in [1.807, 2.05) is 54.6 Å². The van der Waals surface area contributed by atoms with Crippen molar-refractivity contribution in [3.8, 4) is 11.8 Å². The van der Waals surface area contributed by atoms with E-state index >= 15 is 0 Å². The van der Waals surface area contributed by atoms with E-state index in [0.29, 0.717) is 6.42 Å². The topological polar surface area (TPSA) is 45.0 Å². The van der Waals surface area contributed by atoms with Crippen molar-refractivity contribution < 1.29 is 4.74 Å². The van der Waals surface area contributed by atoms with Crippen molar-refractivity contribution in [1.29, 1.82) is 5.26 Å². The minimum Gasteiger partial charge on any atom is -0.497 e. The van der Waals surface area contributed by atoms with Crippen molar-refractivity contribution in [2.75, 3.05) is 7.11 Å². The minimum atomic E-state index is 0.0586. The van der Waals surface area contributed by atoms with Gasteiger partial charge in [-0.3, -0.25) is 0 Å². The van der Waals surface area contributed by atoms with E-state index in [1.54, 1.807) is 7.11 Å². The van der Waals surface area contributed by atoms with Gasteiger partial charge < -0.3 is 10.1 Å². The molecule has 1 unspecified atom stereocenters. The number of ether oxygens (including phenoxy) is 1. The lowest BCUT2D eigenvalue weighted by atomic mass is 10.0. The number of rotatable bonds is 6. The van der Waals surface area contributed by atoms with Crippen molar-refractivity contribution in [2.24, 2.45) is 0 Å². The third-order valence-electron chi connectivity index (χ3n) is 3.21. The molecule has 0 amide bonds. The van der Waals surface area contributed by atoms with Gasteiger partial charge in [0.25, 0.3) is 0 Å². The molecule has 0 fully saturated rings. The second-order valence-electron chi connectivity index (χ2n) is 4.55. The van der Waals surface area contributed by atoms with E-state index < -0.39 is 0 Å². The number of nitrogens with one attached hydrogen (secondary N) is 1. The Morgan fingerprint density at radius 1 is 1.10 bits per heavy atom.